The fourth-order valence-electron chi connectivity index (χ4n) is 1.94. The van der Waals surface area contributed by atoms with Crippen LogP contribution in [-0.4, -0.2) is 22.0 Å². The molecule has 0 aromatic heterocycles. The average molecular weight is 281 g/mol. The lowest BCUT2D eigenvalue weighted by molar-refractivity contribution is 0.158. The fraction of sp³-hybridized carbons (Fsp3) is 1.00. The first-order valence-electron chi connectivity index (χ1n) is 4.99. The zero-order chi connectivity index (χ0) is 9.14. The summed E-state index contributed by atoms with van der Waals surface area (Å²) >= 11 is 2.51. The Hall–Kier alpha value is 0.690. The van der Waals surface area contributed by atoms with Gasteiger partial charge < -0.3 is 0 Å². The smallest absolute Gasteiger partial charge is 0.0589 e. The lowest BCUT2D eigenvalue weighted by atomic mass is 9.87. The van der Waals surface area contributed by atoms with E-state index in [1.54, 1.807) is 0 Å². The topological polar surface area (TPSA) is 3.24 Å². The lowest BCUT2D eigenvalue weighted by Gasteiger charge is -2.35. The summed E-state index contributed by atoms with van der Waals surface area (Å²) in [6.07, 6.45) is 2.82. The number of likely N-dealkylation sites (tertiary alicyclic amines) is 1. The second kappa shape index (κ2) is 4.80. The molecule has 2 heteroatoms. The van der Waals surface area contributed by atoms with Crippen LogP contribution in [0.2, 0.25) is 0 Å². The minimum atomic E-state index is 0.718. The average Bonchev–Trinajstić information content (AvgIpc) is 2.04. The van der Waals surface area contributed by atoms with E-state index in [0.29, 0.717) is 0 Å². The standard InChI is InChI=1S/C10H20IN/c1-8(2)10-4-6-12(7-5-10)9(3)11/h8-10H,4-7H2,1-3H3/t9-/m1/s1. The maximum atomic E-state index is 2.58. The number of nitrogens with zero attached hydrogens (tertiary/aromatic N) is 1. The molecule has 0 amide bonds. The van der Waals surface area contributed by atoms with Crippen molar-refractivity contribution in [2.75, 3.05) is 13.1 Å². The maximum absolute atomic E-state index is 2.58. The molecule has 1 heterocycles. The van der Waals surface area contributed by atoms with Gasteiger partial charge in [0.15, 0.2) is 0 Å². The first-order valence-corrected chi connectivity index (χ1v) is 6.24. The molecule has 0 radical (unpaired) electrons. The van der Waals surface area contributed by atoms with E-state index in [-0.39, 0.29) is 0 Å². The van der Waals surface area contributed by atoms with Crippen LogP contribution in [0.3, 0.4) is 0 Å². The Morgan fingerprint density at radius 1 is 1.17 bits per heavy atom. The van der Waals surface area contributed by atoms with Gasteiger partial charge in [0, 0.05) is 0 Å². The molecule has 1 aliphatic rings. The zero-order valence-corrected chi connectivity index (χ0v) is 10.5. The predicted octanol–water partition coefficient (Wildman–Crippen LogP) is 3.14. The minimum Gasteiger partial charge on any atom is -0.292 e. The highest BCUT2D eigenvalue weighted by atomic mass is 127. The number of hydrogen-bond donors (Lipinski definition) is 0. The van der Waals surface area contributed by atoms with Gasteiger partial charge in [0.1, 0.15) is 0 Å². The van der Waals surface area contributed by atoms with Gasteiger partial charge in [-0.1, -0.05) is 36.4 Å². The van der Waals surface area contributed by atoms with Crippen LogP contribution in [0, 0.1) is 11.8 Å². The van der Waals surface area contributed by atoms with Crippen molar-refractivity contribution >= 4 is 22.6 Å². The molecule has 0 unspecified atom stereocenters. The summed E-state index contributed by atoms with van der Waals surface area (Å²) in [5, 5.41) is 0. The Labute approximate surface area is 90.0 Å². The molecule has 0 aromatic rings. The summed E-state index contributed by atoms with van der Waals surface area (Å²) in [7, 11) is 0. The molecule has 1 fully saturated rings. The van der Waals surface area contributed by atoms with Gasteiger partial charge in [-0.05, 0) is 44.7 Å². The number of rotatable bonds is 2. The predicted molar refractivity (Wildman–Crippen MR) is 62.6 cm³/mol. The Balaban J connectivity index is 2.30. The van der Waals surface area contributed by atoms with Crippen LogP contribution in [0.1, 0.15) is 33.6 Å². The summed E-state index contributed by atoms with van der Waals surface area (Å²) in [5.41, 5.74) is 0. The molecule has 12 heavy (non-hydrogen) atoms. The summed E-state index contributed by atoms with van der Waals surface area (Å²) in [6.45, 7) is 9.62. The third-order valence-electron chi connectivity index (χ3n) is 3.02. The monoisotopic (exact) mass is 281 g/mol. The van der Waals surface area contributed by atoms with Gasteiger partial charge >= 0.3 is 0 Å². The summed E-state index contributed by atoms with van der Waals surface area (Å²) < 4.78 is 0.718. The Morgan fingerprint density at radius 2 is 1.67 bits per heavy atom. The SMILES string of the molecule is CC(C)C1CCN([C@H](C)I)CC1. The fourth-order valence-corrected chi connectivity index (χ4v) is 2.50. The molecule has 1 saturated heterocycles. The van der Waals surface area contributed by atoms with E-state index < -0.39 is 0 Å². The molecule has 1 rings (SSSR count). The van der Waals surface area contributed by atoms with E-state index >= 15 is 0 Å². The third-order valence-corrected chi connectivity index (χ3v) is 3.81. The van der Waals surface area contributed by atoms with E-state index in [0.717, 1.165) is 15.9 Å². The van der Waals surface area contributed by atoms with Gasteiger partial charge in [0.2, 0.25) is 0 Å². The maximum Gasteiger partial charge on any atom is 0.0589 e. The van der Waals surface area contributed by atoms with E-state index in [1.165, 1.54) is 25.9 Å². The quantitative estimate of drug-likeness (QED) is 0.427. The Kier molecular flexibility index (Phi) is 4.30. The molecule has 1 atom stereocenters. The summed E-state index contributed by atoms with van der Waals surface area (Å²) in [6, 6.07) is 0. The highest BCUT2D eigenvalue weighted by molar-refractivity contribution is 14.1. The zero-order valence-electron chi connectivity index (χ0n) is 8.39. The molecule has 1 aliphatic heterocycles. The third kappa shape index (κ3) is 2.87. The molecular formula is C10H20IN. The van der Waals surface area contributed by atoms with Crippen molar-refractivity contribution in [2.24, 2.45) is 11.8 Å². The van der Waals surface area contributed by atoms with Crippen LogP contribution >= 0.6 is 22.6 Å². The molecule has 72 valence electrons. The van der Waals surface area contributed by atoms with Crippen LogP contribution in [0.15, 0.2) is 0 Å². The molecule has 0 aliphatic carbocycles. The summed E-state index contributed by atoms with van der Waals surface area (Å²) in [5.74, 6) is 1.87. The highest BCUT2D eigenvalue weighted by Gasteiger charge is 2.22. The van der Waals surface area contributed by atoms with Crippen molar-refractivity contribution in [2.45, 2.75) is 37.7 Å². The van der Waals surface area contributed by atoms with Crippen molar-refractivity contribution in [3.05, 3.63) is 0 Å². The van der Waals surface area contributed by atoms with Crippen molar-refractivity contribution in [3.63, 3.8) is 0 Å². The van der Waals surface area contributed by atoms with Crippen molar-refractivity contribution in [3.8, 4) is 0 Å². The lowest BCUT2D eigenvalue weighted by Crippen LogP contribution is -2.38. The van der Waals surface area contributed by atoms with Crippen LogP contribution in [-0.2, 0) is 0 Å². The van der Waals surface area contributed by atoms with Gasteiger partial charge in [-0.25, -0.2) is 0 Å². The highest BCUT2D eigenvalue weighted by Crippen LogP contribution is 2.26. The van der Waals surface area contributed by atoms with E-state index in [4.69, 9.17) is 0 Å². The summed E-state index contributed by atoms with van der Waals surface area (Å²) in [4.78, 5) is 2.58. The first-order chi connectivity index (χ1) is 5.61. The second-order valence-corrected chi connectivity index (χ2v) is 5.99. The normalized spacial score (nSPS) is 24.8. The Morgan fingerprint density at radius 3 is 2.00 bits per heavy atom. The molecule has 0 saturated carbocycles. The number of piperidine rings is 1. The van der Waals surface area contributed by atoms with E-state index in [1.807, 2.05) is 0 Å². The number of hydrogen-bond acceptors (Lipinski definition) is 1. The Bertz CT molecular complexity index is 110. The first kappa shape index (κ1) is 10.8. The molecule has 0 aromatic carbocycles. The molecule has 0 bridgehead atoms. The molecule has 0 spiro atoms. The van der Waals surface area contributed by atoms with Crippen LogP contribution < -0.4 is 0 Å². The van der Waals surface area contributed by atoms with Gasteiger partial charge in [0.05, 0.1) is 4.05 Å². The van der Waals surface area contributed by atoms with E-state index in [2.05, 4.69) is 48.3 Å². The molecular weight excluding hydrogens is 261 g/mol. The number of alkyl halides is 1. The van der Waals surface area contributed by atoms with Gasteiger partial charge in [-0.2, -0.15) is 0 Å². The van der Waals surface area contributed by atoms with Crippen molar-refractivity contribution in [1.82, 2.24) is 4.90 Å². The van der Waals surface area contributed by atoms with E-state index in [9.17, 15) is 0 Å². The van der Waals surface area contributed by atoms with Gasteiger partial charge in [-0.15, -0.1) is 0 Å². The number of halogens is 1. The second-order valence-electron chi connectivity index (χ2n) is 4.19. The van der Waals surface area contributed by atoms with Crippen LogP contribution in [0.25, 0.3) is 0 Å². The van der Waals surface area contributed by atoms with Gasteiger partial charge in [-0.3, -0.25) is 4.90 Å². The van der Waals surface area contributed by atoms with Crippen LogP contribution in [0.4, 0.5) is 0 Å². The largest absolute Gasteiger partial charge is 0.292 e. The van der Waals surface area contributed by atoms with Crippen molar-refractivity contribution in [1.29, 1.82) is 0 Å². The minimum absolute atomic E-state index is 0.718. The van der Waals surface area contributed by atoms with Gasteiger partial charge in [0.25, 0.3) is 0 Å². The van der Waals surface area contributed by atoms with Crippen LogP contribution in [0.5, 0.6) is 0 Å². The molecule has 0 N–H and O–H groups in total. The molecule has 1 nitrogen and oxygen atoms in total. The van der Waals surface area contributed by atoms with Crippen molar-refractivity contribution < 1.29 is 0 Å².